The maximum Gasteiger partial charge on any atom is 0.0252 e. The van der Waals surface area contributed by atoms with Gasteiger partial charge in [-0.2, -0.15) is 0 Å². The van der Waals surface area contributed by atoms with Gasteiger partial charge in [-0.1, -0.05) is 27.7 Å². The molecule has 118 valence electrons. The molecule has 0 aromatic rings. The van der Waals surface area contributed by atoms with Gasteiger partial charge in [-0.25, -0.2) is 0 Å². The van der Waals surface area contributed by atoms with Crippen LogP contribution in [0.2, 0.25) is 0 Å². The van der Waals surface area contributed by atoms with Crippen molar-refractivity contribution in [1.82, 2.24) is 10.2 Å². The first-order valence-corrected chi connectivity index (χ1v) is 9.13. The van der Waals surface area contributed by atoms with Crippen LogP contribution in [0, 0.1) is 17.8 Å². The number of rotatable bonds is 8. The minimum absolute atomic E-state index is 0.736. The summed E-state index contributed by atoms with van der Waals surface area (Å²) in [4.78, 5) is 2.85. The third kappa shape index (κ3) is 4.46. The average molecular weight is 280 g/mol. The molecule has 0 radical (unpaired) electrons. The highest BCUT2D eigenvalue weighted by molar-refractivity contribution is 4.93. The van der Waals surface area contributed by atoms with E-state index in [9.17, 15) is 0 Å². The van der Waals surface area contributed by atoms with Gasteiger partial charge in [0.2, 0.25) is 0 Å². The summed E-state index contributed by atoms with van der Waals surface area (Å²) in [6.45, 7) is 13.2. The maximum atomic E-state index is 3.78. The molecule has 0 saturated heterocycles. The quantitative estimate of drug-likeness (QED) is 0.725. The topological polar surface area (TPSA) is 15.3 Å². The van der Waals surface area contributed by atoms with Crippen molar-refractivity contribution < 1.29 is 0 Å². The predicted octanol–water partition coefficient (Wildman–Crippen LogP) is 3.91. The van der Waals surface area contributed by atoms with E-state index in [0.717, 1.165) is 36.4 Å². The Morgan fingerprint density at radius 3 is 2.40 bits per heavy atom. The molecule has 2 nitrogen and oxygen atoms in total. The normalized spacial score (nSPS) is 31.2. The molecule has 0 spiro atoms. The summed E-state index contributed by atoms with van der Waals surface area (Å²) in [5, 5.41) is 3.78. The zero-order valence-electron chi connectivity index (χ0n) is 14.2. The second-order valence-electron chi connectivity index (χ2n) is 7.49. The predicted molar refractivity (Wildman–Crippen MR) is 88.0 cm³/mol. The zero-order chi connectivity index (χ0) is 14.5. The Morgan fingerprint density at radius 1 is 1.10 bits per heavy atom. The number of nitrogens with one attached hydrogen (secondary N) is 1. The van der Waals surface area contributed by atoms with Crippen LogP contribution in [0.5, 0.6) is 0 Å². The smallest absolute Gasteiger partial charge is 0.0252 e. The molecule has 3 unspecified atom stereocenters. The first kappa shape index (κ1) is 16.3. The van der Waals surface area contributed by atoms with Gasteiger partial charge in [0.1, 0.15) is 0 Å². The fourth-order valence-corrected chi connectivity index (χ4v) is 4.00. The Hall–Kier alpha value is -0.0800. The van der Waals surface area contributed by atoms with Crippen LogP contribution in [-0.2, 0) is 0 Å². The molecule has 2 rings (SSSR count). The second-order valence-corrected chi connectivity index (χ2v) is 7.49. The SMILES string of the molecule is CCCN(CC1CC1)C1CC(C(C)C)CCC1NCC. The van der Waals surface area contributed by atoms with E-state index in [2.05, 4.69) is 37.9 Å². The Morgan fingerprint density at radius 2 is 1.85 bits per heavy atom. The fourth-order valence-electron chi connectivity index (χ4n) is 4.00. The van der Waals surface area contributed by atoms with E-state index in [1.807, 2.05) is 0 Å². The lowest BCUT2D eigenvalue weighted by Crippen LogP contribution is -2.54. The highest BCUT2D eigenvalue weighted by Gasteiger charge is 2.36. The molecule has 2 saturated carbocycles. The molecule has 0 aromatic heterocycles. The van der Waals surface area contributed by atoms with Crippen LogP contribution >= 0.6 is 0 Å². The summed E-state index contributed by atoms with van der Waals surface area (Å²) in [5.74, 6) is 2.81. The minimum atomic E-state index is 0.736. The van der Waals surface area contributed by atoms with Crippen molar-refractivity contribution in [3.63, 3.8) is 0 Å². The van der Waals surface area contributed by atoms with E-state index in [4.69, 9.17) is 0 Å². The molecule has 0 aliphatic heterocycles. The molecular weight excluding hydrogens is 244 g/mol. The van der Waals surface area contributed by atoms with E-state index in [1.165, 1.54) is 51.6 Å². The van der Waals surface area contributed by atoms with E-state index >= 15 is 0 Å². The van der Waals surface area contributed by atoms with Crippen LogP contribution in [-0.4, -0.2) is 36.6 Å². The van der Waals surface area contributed by atoms with Crippen molar-refractivity contribution in [2.75, 3.05) is 19.6 Å². The van der Waals surface area contributed by atoms with Crippen LogP contribution in [0.25, 0.3) is 0 Å². The Bertz CT molecular complexity index is 273. The molecule has 2 aliphatic carbocycles. The molecule has 2 heteroatoms. The molecule has 20 heavy (non-hydrogen) atoms. The summed E-state index contributed by atoms with van der Waals surface area (Å²) in [6, 6.07) is 1.52. The standard InChI is InChI=1S/C18H36N2/c1-5-11-20(13-15-7-8-15)18-12-16(14(3)4)9-10-17(18)19-6-2/h14-19H,5-13H2,1-4H3. The van der Waals surface area contributed by atoms with Crippen LogP contribution in [0.4, 0.5) is 0 Å². The molecule has 0 aromatic carbocycles. The van der Waals surface area contributed by atoms with Gasteiger partial charge < -0.3 is 5.32 Å². The first-order chi connectivity index (χ1) is 9.65. The molecule has 1 N–H and O–H groups in total. The highest BCUT2D eigenvalue weighted by atomic mass is 15.2. The summed E-state index contributed by atoms with van der Waals surface area (Å²) in [6.07, 6.45) is 8.48. The van der Waals surface area contributed by atoms with Crippen LogP contribution in [0.3, 0.4) is 0 Å². The number of likely N-dealkylation sites (N-methyl/N-ethyl adjacent to an activating group) is 1. The van der Waals surface area contributed by atoms with E-state index < -0.39 is 0 Å². The zero-order valence-corrected chi connectivity index (χ0v) is 14.2. The van der Waals surface area contributed by atoms with Crippen molar-refractivity contribution in [3.8, 4) is 0 Å². The lowest BCUT2D eigenvalue weighted by Gasteiger charge is -2.44. The second kappa shape index (κ2) is 7.79. The molecule has 3 atom stereocenters. The van der Waals surface area contributed by atoms with E-state index in [0.29, 0.717) is 0 Å². The Labute approximate surface area is 126 Å². The summed E-state index contributed by atoms with van der Waals surface area (Å²) >= 11 is 0. The van der Waals surface area contributed by atoms with Gasteiger partial charge in [0.05, 0.1) is 0 Å². The minimum Gasteiger partial charge on any atom is -0.313 e. The fraction of sp³-hybridized carbons (Fsp3) is 1.00. The Kier molecular flexibility index (Phi) is 6.35. The summed E-state index contributed by atoms with van der Waals surface area (Å²) in [7, 11) is 0. The van der Waals surface area contributed by atoms with E-state index in [1.54, 1.807) is 0 Å². The van der Waals surface area contributed by atoms with E-state index in [-0.39, 0.29) is 0 Å². The summed E-state index contributed by atoms with van der Waals surface area (Å²) < 4.78 is 0. The van der Waals surface area contributed by atoms with Crippen LogP contribution in [0.1, 0.15) is 66.2 Å². The molecule has 2 aliphatic rings. The first-order valence-electron chi connectivity index (χ1n) is 9.13. The lowest BCUT2D eigenvalue weighted by atomic mass is 9.76. The molecule has 0 bridgehead atoms. The third-order valence-electron chi connectivity index (χ3n) is 5.44. The molecule has 2 fully saturated rings. The van der Waals surface area contributed by atoms with Crippen molar-refractivity contribution in [1.29, 1.82) is 0 Å². The average Bonchev–Trinajstić information content (AvgIpc) is 3.23. The number of hydrogen-bond acceptors (Lipinski definition) is 2. The van der Waals surface area contributed by atoms with Crippen LogP contribution < -0.4 is 5.32 Å². The van der Waals surface area contributed by atoms with Gasteiger partial charge in [-0.15, -0.1) is 0 Å². The number of nitrogens with zero attached hydrogens (tertiary/aromatic N) is 1. The third-order valence-corrected chi connectivity index (χ3v) is 5.44. The van der Waals surface area contributed by atoms with Gasteiger partial charge in [0.25, 0.3) is 0 Å². The molecule has 0 heterocycles. The summed E-state index contributed by atoms with van der Waals surface area (Å²) in [5.41, 5.74) is 0. The van der Waals surface area contributed by atoms with Crippen molar-refractivity contribution in [2.24, 2.45) is 17.8 Å². The largest absolute Gasteiger partial charge is 0.313 e. The van der Waals surface area contributed by atoms with Crippen molar-refractivity contribution in [2.45, 2.75) is 78.3 Å². The highest BCUT2D eigenvalue weighted by Crippen LogP contribution is 2.36. The maximum absolute atomic E-state index is 3.78. The van der Waals surface area contributed by atoms with Gasteiger partial charge in [-0.05, 0) is 69.4 Å². The molecular formula is C18H36N2. The van der Waals surface area contributed by atoms with Gasteiger partial charge >= 0.3 is 0 Å². The van der Waals surface area contributed by atoms with Gasteiger partial charge in [0, 0.05) is 18.6 Å². The number of hydrogen-bond donors (Lipinski definition) is 1. The van der Waals surface area contributed by atoms with Gasteiger partial charge in [0.15, 0.2) is 0 Å². The van der Waals surface area contributed by atoms with Crippen molar-refractivity contribution >= 4 is 0 Å². The molecule has 0 amide bonds. The van der Waals surface area contributed by atoms with Crippen LogP contribution in [0.15, 0.2) is 0 Å². The van der Waals surface area contributed by atoms with Gasteiger partial charge in [-0.3, -0.25) is 4.90 Å². The Balaban J connectivity index is 2.01. The monoisotopic (exact) mass is 280 g/mol. The van der Waals surface area contributed by atoms with Crippen molar-refractivity contribution in [3.05, 3.63) is 0 Å². The lowest BCUT2D eigenvalue weighted by molar-refractivity contribution is 0.0795.